The molecule has 0 spiro atoms. The van der Waals surface area contributed by atoms with E-state index in [-0.39, 0.29) is 11.8 Å². The molecule has 2 aromatic rings. The van der Waals surface area contributed by atoms with Crippen molar-refractivity contribution in [3.8, 4) is 0 Å². The van der Waals surface area contributed by atoms with E-state index in [9.17, 15) is 4.79 Å². The molecule has 0 bridgehead atoms. The number of carbonyl (C=O) groups is 1. The summed E-state index contributed by atoms with van der Waals surface area (Å²) in [6.07, 6.45) is 5.31. The van der Waals surface area contributed by atoms with Crippen molar-refractivity contribution in [1.29, 1.82) is 0 Å². The number of aromatic nitrogens is 2. The van der Waals surface area contributed by atoms with Crippen molar-refractivity contribution in [3.05, 3.63) is 16.3 Å². The molecule has 0 aromatic carbocycles. The highest BCUT2D eigenvalue weighted by Gasteiger charge is 2.30. The average Bonchev–Trinajstić information content (AvgIpc) is 3.11. The van der Waals surface area contributed by atoms with E-state index in [0.717, 1.165) is 87.5 Å². The summed E-state index contributed by atoms with van der Waals surface area (Å²) in [6.45, 7) is 8.06. The fraction of sp³-hybridized carbons (Fsp3) is 0.682. The van der Waals surface area contributed by atoms with Crippen LogP contribution in [0.2, 0.25) is 0 Å². The van der Waals surface area contributed by atoms with Crippen molar-refractivity contribution < 1.29 is 9.53 Å². The lowest BCUT2D eigenvalue weighted by Gasteiger charge is -2.33. The summed E-state index contributed by atoms with van der Waals surface area (Å²) >= 11 is 1.85. The van der Waals surface area contributed by atoms with E-state index < -0.39 is 0 Å². The molecule has 8 heteroatoms. The molecule has 2 atom stereocenters. The first-order valence-electron chi connectivity index (χ1n) is 11.2. The number of aryl methyl sites for hydroxylation is 1. The summed E-state index contributed by atoms with van der Waals surface area (Å²) in [7, 11) is 0. The largest absolute Gasteiger partial charge is 0.379 e. The minimum atomic E-state index is -0.195. The van der Waals surface area contributed by atoms with E-state index in [2.05, 4.69) is 16.7 Å². The Morgan fingerprint density at radius 2 is 2.07 bits per heavy atom. The number of ether oxygens (including phenoxy) is 1. The molecule has 4 heterocycles. The highest BCUT2D eigenvalue weighted by Crippen LogP contribution is 2.41. The average molecular weight is 430 g/mol. The Morgan fingerprint density at radius 3 is 2.87 bits per heavy atom. The summed E-state index contributed by atoms with van der Waals surface area (Å²) in [5.74, 6) is 2.35. The third-order valence-electron chi connectivity index (χ3n) is 6.77. The molecule has 0 saturated carbocycles. The number of rotatable bonds is 4. The van der Waals surface area contributed by atoms with Gasteiger partial charge in [-0.25, -0.2) is 9.97 Å². The van der Waals surface area contributed by atoms with Crippen LogP contribution in [0.25, 0.3) is 10.2 Å². The first kappa shape index (κ1) is 20.2. The van der Waals surface area contributed by atoms with Gasteiger partial charge in [-0.15, -0.1) is 11.3 Å². The van der Waals surface area contributed by atoms with E-state index in [1.807, 2.05) is 11.3 Å². The monoisotopic (exact) mass is 429 g/mol. The van der Waals surface area contributed by atoms with Gasteiger partial charge in [0.25, 0.3) is 0 Å². The number of carbonyl (C=O) groups excluding carboxylic acids is 1. The van der Waals surface area contributed by atoms with Gasteiger partial charge in [-0.2, -0.15) is 0 Å². The molecular weight excluding hydrogens is 398 g/mol. The maximum Gasteiger partial charge on any atom is 0.222 e. The molecule has 1 aliphatic carbocycles. The van der Waals surface area contributed by atoms with Gasteiger partial charge in [0.2, 0.25) is 5.91 Å². The summed E-state index contributed by atoms with van der Waals surface area (Å²) in [5.41, 5.74) is 7.11. The van der Waals surface area contributed by atoms with Gasteiger partial charge in [0.05, 0.1) is 31.1 Å². The molecule has 2 N–H and O–H groups in total. The number of fused-ring (bicyclic) bond motifs is 3. The molecule has 2 fully saturated rings. The summed E-state index contributed by atoms with van der Waals surface area (Å²) in [6, 6.07) is 0. The zero-order valence-electron chi connectivity index (χ0n) is 17.7. The lowest BCUT2D eigenvalue weighted by atomic mass is 9.89. The molecule has 30 heavy (non-hydrogen) atoms. The SMILES string of the molecule is C[C@@H]1CCc2c(sc3nc(CN4CCOCC4)nc(N4CCC[C@H](C(N)=O)C4)c23)C1. The number of anilines is 1. The molecule has 3 aliphatic rings. The van der Waals surface area contributed by atoms with E-state index >= 15 is 0 Å². The van der Waals surface area contributed by atoms with Gasteiger partial charge >= 0.3 is 0 Å². The maximum atomic E-state index is 11.9. The van der Waals surface area contributed by atoms with Crippen LogP contribution in [0.3, 0.4) is 0 Å². The first-order valence-corrected chi connectivity index (χ1v) is 12.1. The van der Waals surface area contributed by atoms with Crippen LogP contribution in [-0.2, 0) is 28.9 Å². The van der Waals surface area contributed by atoms with Crippen LogP contribution in [0.1, 0.15) is 42.5 Å². The molecule has 2 saturated heterocycles. The summed E-state index contributed by atoms with van der Waals surface area (Å²) < 4.78 is 5.49. The van der Waals surface area contributed by atoms with E-state index in [1.54, 1.807) is 0 Å². The van der Waals surface area contributed by atoms with Crippen LogP contribution in [0.5, 0.6) is 0 Å². The zero-order chi connectivity index (χ0) is 20.7. The fourth-order valence-corrected chi connectivity index (χ4v) is 6.42. The van der Waals surface area contributed by atoms with Gasteiger partial charge in [0.1, 0.15) is 16.5 Å². The van der Waals surface area contributed by atoms with Crippen LogP contribution >= 0.6 is 11.3 Å². The second-order valence-corrected chi connectivity index (χ2v) is 10.2. The van der Waals surface area contributed by atoms with Crippen LogP contribution < -0.4 is 10.6 Å². The van der Waals surface area contributed by atoms with Crippen molar-refractivity contribution in [2.45, 2.75) is 45.6 Å². The van der Waals surface area contributed by atoms with Crippen molar-refractivity contribution in [1.82, 2.24) is 14.9 Å². The predicted molar refractivity (Wildman–Crippen MR) is 119 cm³/mol. The van der Waals surface area contributed by atoms with Crippen LogP contribution in [0, 0.1) is 11.8 Å². The summed E-state index contributed by atoms with van der Waals surface area (Å²) in [5, 5.41) is 1.23. The second kappa shape index (κ2) is 8.40. The Balaban J connectivity index is 1.55. The summed E-state index contributed by atoms with van der Waals surface area (Å²) in [4.78, 5) is 29.3. The highest BCUT2D eigenvalue weighted by atomic mass is 32.1. The number of morpholine rings is 1. The first-order chi connectivity index (χ1) is 14.6. The molecular formula is C22H31N5O2S. The van der Waals surface area contributed by atoms with E-state index in [4.69, 9.17) is 20.4 Å². The number of hydrogen-bond donors (Lipinski definition) is 1. The van der Waals surface area contributed by atoms with E-state index in [1.165, 1.54) is 22.2 Å². The van der Waals surface area contributed by atoms with Gasteiger partial charge in [0.15, 0.2) is 0 Å². The normalized spacial score (nSPS) is 25.4. The molecule has 5 rings (SSSR count). The Labute approximate surface area is 181 Å². The van der Waals surface area contributed by atoms with Gasteiger partial charge < -0.3 is 15.4 Å². The Hall–Kier alpha value is -1.77. The third-order valence-corrected chi connectivity index (χ3v) is 7.92. The van der Waals surface area contributed by atoms with Crippen LogP contribution in [0.4, 0.5) is 5.82 Å². The lowest BCUT2D eigenvalue weighted by molar-refractivity contribution is -0.122. The van der Waals surface area contributed by atoms with Gasteiger partial charge in [0, 0.05) is 31.1 Å². The maximum absolute atomic E-state index is 11.9. The standard InChI is InChI=1S/C22H31N5O2S/c1-14-4-5-16-17(11-14)30-22-19(16)21(27-6-2-3-15(12-27)20(23)28)24-18(25-22)13-26-7-9-29-10-8-26/h14-15H,2-13H2,1H3,(H2,23,28)/t14-,15+/m1/s1. The zero-order valence-corrected chi connectivity index (χ0v) is 18.5. The molecule has 2 aliphatic heterocycles. The molecule has 0 radical (unpaired) electrons. The lowest BCUT2D eigenvalue weighted by Crippen LogP contribution is -2.42. The van der Waals surface area contributed by atoms with Crippen LogP contribution in [-0.4, -0.2) is 60.2 Å². The molecule has 7 nitrogen and oxygen atoms in total. The third kappa shape index (κ3) is 3.92. The molecule has 2 aromatic heterocycles. The number of nitrogens with zero attached hydrogens (tertiary/aromatic N) is 4. The minimum Gasteiger partial charge on any atom is -0.379 e. The number of primary amides is 1. The highest BCUT2D eigenvalue weighted by molar-refractivity contribution is 7.19. The molecule has 162 valence electrons. The second-order valence-electron chi connectivity index (χ2n) is 9.07. The number of amides is 1. The molecule has 0 unspecified atom stereocenters. The number of hydrogen-bond acceptors (Lipinski definition) is 7. The number of piperidine rings is 1. The van der Waals surface area contributed by atoms with Gasteiger partial charge in [-0.1, -0.05) is 6.92 Å². The van der Waals surface area contributed by atoms with Crippen LogP contribution in [0.15, 0.2) is 0 Å². The number of thiophene rings is 1. The smallest absolute Gasteiger partial charge is 0.222 e. The van der Waals surface area contributed by atoms with E-state index in [0.29, 0.717) is 6.54 Å². The van der Waals surface area contributed by atoms with Crippen molar-refractivity contribution in [2.24, 2.45) is 17.6 Å². The molecule has 1 amide bonds. The van der Waals surface area contributed by atoms with Crippen molar-refractivity contribution in [2.75, 3.05) is 44.3 Å². The number of nitrogens with two attached hydrogens (primary N) is 1. The van der Waals surface area contributed by atoms with Gasteiger partial charge in [-0.05, 0) is 43.6 Å². The van der Waals surface area contributed by atoms with Crippen molar-refractivity contribution >= 4 is 33.3 Å². The Morgan fingerprint density at radius 1 is 1.23 bits per heavy atom. The topological polar surface area (TPSA) is 84.6 Å². The Bertz CT molecular complexity index is 939. The van der Waals surface area contributed by atoms with Crippen molar-refractivity contribution in [3.63, 3.8) is 0 Å². The minimum absolute atomic E-state index is 0.0963. The predicted octanol–water partition coefficient (Wildman–Crippen LogP) is 2.35. The fourth-order valence-electron chi connectivity index (χ4n) is 5.03. The quantitative estimate of drug-likeness (QED) is 0.803. The Kier molecular flexibility index (Phi) is 5.64. The van der Waals surface area contributed by atoms with Gasteiger partial charge in [-0.3, -0.25) is 9.69 Å².